The van der Waals surface area contributed by atoms with Gasteiger partial charge in [-0.3, -0.25) is 9.69 Å². The van der Waals surface area contributed by atoms with E-state index in [2.05, 4.69) is 30.1 Å². The van der Waals surface area contributed by atoms with Crippen LogP contribution in [0.25, 0.3) is 31.3 Å². The second-order valence-electron chi connectivity index (χ2n) is 13.2. The summed E-state index contributed by atoms with van der Waals surface area (Å²) < 4.78 is 30.1. The molecule has 0 unspecified atom stereocenters. The van der Waals surface area contributed by atoms with Crippen molar-refractivity contribution >= 4 is 12.1 Å². The first-order valence-electron chi connectivity index (χ1n) is 17.8. The number of azide groups is 3. The van der Waals surface area contributed by atoms with Crippen LogP contribution < -0.4 is 0 Å². The number of amides is 1. The molecule has 0 bridgehead atoms. The first-order valence-corrected chi connectivity index (χ1v) is 17.8. The van der Waals surface area contributed by atoms with Crippen LogP contribution >= 0.6 is 0 Å². The molecule has 0 spiro atoms. The largest absolute Gasteiger partial charge is 0.461 e. The molecule has 19 heteroatoms. The number of benzene rings is 3. The van der Waals surface area contributed by atoms with Crippen LogP contribution in [-0.2, 0) is 48.2 Å². The number of esters is 1. The van der Waals surface area contributed by atoms with E-state index in [1.165, 1.54) is 4.90 Å². The molecule has 56 heavy (non-hydrogen) atoms. The van der Waals surface area contributed by atoms with E-state index in [1.54, 1.807) is 0 Å². The minimum Gasteiger partial charge on any atom is -0.461 e. The summed E-state index contributed by atoms with van der Waals surface area (Å²) in [4.78, 5) is 36.2. The number of aliphatic hydroxyl groups is 2. The molecule has 2 aliphatic rings. The molecular weight excluding hydrogens is 728 g/mol. The number of ether oxygens (including phenoxy) is 5. The molecule has 5 rings (SSSR count). The third kappa shape index (κ3) is 10.9. The molecule has 1 saturated carbocycles. The summed E-state index contributed by atoms with van der Waals surface area (Å²) in [6.07, 6.45) is -9.47. The minimum absolute atomic E-state index is 0.0121. The topological polar surface area (TPSA) is 270 Å². The molecule has 10 atom stereocenters. The average molecular weight is 771 g/mol. The monoisotopic (exact) mass is 770 g/mol. The van der Waals surface area contributed by atoms with Crippen molar-refractivity contribution in [2.45, 2.75) is 101 Å². The van der Waals surface area contributed by atoms with Crippen molar-refractivity contribution in [2.75, 3.05) is 6.61 Å². The van der Waals surface area contributed by atoms with Crippen molar-refractivity contribution in [3.05, 3.63) is 139 Å². The molecule has 3 aromatic carbocycles. The van der Waals surface area contributed by atoms with Crippen LogP contribution in [0.5, 0.6) is 0 Å². The van der Waals surface area contributed by atoms with E-state index in [0.717, 1.165) is 23.6 Å². The fourth-order valence-corrected chi connectivity index (χ4v) is 6.77. The van der Waals surface area contributed by atoms with Crippen LogP contribution in [0.2, 0.25) is 0 Å². The number of hydrogen-bond acceptors (Lipinski definition) is 12. The molecule has 0 aromatic heterocycles. The van der Waals surface area contributed by atoms with Gasteiger partial charge in [-0.05, 0) is 46.1 Å². The Kier molecular flexibility index (Phi) is 15.3. The number of nitrogens with zero attached hydrogens (tertiary/aromatic N) is 10. The van der Waals surface area contributed by atoms with Gasteiger partial charge in [-0.15, -0.1) is 0 Å². The van der Waals surface area contributed by atoms with Crippen LogP contribution in [0.3, 0.4) is 0 Å². The molecule has 2 N–H and O–H groups in total. The third-order valence-electron chi connectivity index (χ3n) is 9.44. The van der Waals surface area contributed by atoms with E-state index in [9.17, 15) is 30.9 Å². The van der Waals surface area contributed by atoms with Gasteiger partial charge in [0, 0.05) is 28.2 Å². The first kappa shape index (κ1) is 41.3. The van der Waals surface area contributed by atoms with E-state index >= 15 is 0 Å². The van der Waals surface area contributed by atoms with E-state index in [1.807, 2.05) is 91.0 Å². The zero-order valence-corrected chi connectivity index (χ0v) is 30.4. The molecule has 1 aliphatic heterocycles. The van der Waals surface area contributed by atoms with Gasteiger partial charge in [-0.25, -0.2) is 4.79 Å². The van der Waals surface area contributed by atoms with Crippen LogP contribution in [0, 0.1) is 0 Å². The normalized spacial score (nSPS) is 26.2. The average Bonchev–Trinajstić information content (AvgIpc) is 3.21. The van der Waals surface area contributed by atoms with Crippen LogP contribution in [0.1, 0.15) is 36.5 Å². The molecule has 19 nitrogen and oxygen atoms in total. The summed E-state index contributed by atoms with van der Waals surface area (Å²) >= 11 is 0. The molecule has 294 valence electrons. The SMILES string of the molecule is CC(=O)O[C@@H]1[C@@H](N=[N+]=[N-])[C@H](O)[C@@H](O)[C@H](O[C@H]2O[C@H]([C@H](COCc3ccccc3)N(Cc3ccccc3)C(=O)OCc3ccccc3)CC[C@H]2N=[N+]=[N-])[C@H]1N=[N+]=[N-]. The molecule has 1 heterocycles. The number of aliphatic hydroxyl groups excluding tert-OH is 2. The minimum atomic E-state index is -1.86. The Bertz CT molecular complexity index is 1880. The van der Waals surface area contributed by atoms with Crippen molar-refractivity contribution < 1.29 is 43.5 Å². The highest BCUT2D eigenvalue weighted by molar-refractivity contribution is 5.68. The molecule has 1 saturated heterocycles. The lowest BCUT2D eigenvalue weighted by atomic mass is 9.81. The van der Waals surface area contributed by atoms with E-state index in [0.29, 0.717) is 0 Å². The van der Waals surface area contributed by atoms with Crippen molar-refractivity contribution in [1.29, 1.82) is 0 Å². The number of hydrogen-bond donors (Lipinski definition) is 2. The van der Waals surface area contributed by atoms with Crippen LogP contribution in [0.4, 0.5) is 4.79 Å². The molecule has 2 fully saturated rings. The van der Waals surface area contributed by atoms with Gasteiger partial charge in [-0.1, -0.05) is 106 Å². The molecule has 1 amide bonds. The highest BCUT2D eigenvalue weighted by Crippen LogP contribution is 2.35. The number of carbonyl (C=O) groups excluding carboxylic acids is 2. The maximum absolute atomic E-state index is 14.1. The highest BCUT2D eigenvalue weighted by Gasteiger charge is 2.53. The van der Waals surface area contributed by atoms with E-state index in [4.69, 9.17) is 29.2 Å². The van der Waals surface area contributed by atoms with Crippen molar-refractivity contribution in [1.82, 2.24) is 4.90 Å². The number of carbonyl (C=O) groups is 2. The standard InChI is InChI=1S/C37H42N10O9/c1-23(48)54-34-30(42-45-39)32(49)33(50)35(31(34)43-46-40)56-36-27(41-44-38)17-18-29(55-36)28(22-52-20-25-13-7-3-8-14-25)47(19-24-11-5-2-6-12-24)37(51)53-21-26-15-9-4-10-16-26/h2-16,27-36,49-50H,17-22H2,1H3/t27-,28+,29+,30+,31+,32+,33-,34-,35-,36-/m1/s1. The van der Waals surface area contributed by atoms with Crippen LogP contribution in [0.15, 0.2) is 106 Å². The van der Waals surface area contributed by atoms with Gasteiger partial charge in [0.1, 0.15) is 37.0 Å². The predicted molar refractivity (Wildman–Crippen MR) is 198 cm³/mol. The molecule has 3 aromatic rings. The second-order valence-corrected chi connectivity index (χ2v) is 13.2. The summed E-state index contributed by atoms with van der Waals surface area (Å²) in [6, 6.07) is 22.9. The van der Waals surface area contributed by atoms with Gasteiger partial charge in [-0.2, -0.15) is 0 Å². The second kappa shape index (κ2) is 20.7. The lowest BCUT2D eigenvalue weighted by Crippen LogP contribution is -2.65. The highest BCUT2D eigenvalue weighted by atomic mass is 16.7. The van der Waals surface area contributed by atoms with E-state index in [-0.39, 0.29) is 39.2 Å². The Morgan fingerprint density at radius 3 is 1.95 bits per heavy atom. The maximum atomic E-state index is 14.1. The van der Waals surface area contributed by atoms with Gasteiger partial charge in [0.25, 0.3) is 0 Å². The zero-order valence-electron chi connectivity index (χ0n) is 30.4. The fourth-order valence-electron chi connectivity index (χ4n) is 6.77. The summed E-state index contributed by atoms with van der Waals surface area (Å²) in [5.74, 6) is -0.856. The summed E-state index contributed by atoms with van der Waals surface area (Å²) in [5, 5.41) is 33.4. The van der Waals surface area contributed by atoms with E-state index < -0.39 is 73.0 Å². The summed E-state index contributed by atoms with van der Waals surface area (Å²) in [7, 11) is 0. The maximum Gasteiger partial charge on any atom is 0.410 e. The molecular formula is C37H42N10O9. The van der Waals surface area contributed by atoms with Crippen molar-refractivity contribution in [3.8, 4) is 0 Å². The van der Waals surface area contributed by atoms with Crippen molar-refractivity contribution in [2.24, 2.45) is 15.3 Å². The van der Waals surface area contributed by atoms with Crippen molar-refractivity contribution in [3.63, 3.8) is 0 Å². The lowest BCUT2D eigenvalue weighted by Gasteiger charge is -2.47. The van der Waals surface area contributed by atoms with Gasteiger partial charge in [0.2, 0.25) is 0 Å². The smallest absolute Gasteiger partial charge is 0.410 e. The Hall–Kier alpha value is -5.87. The third-order valence-corrected chi connectivity index (χ3v) is 9.44. The quantitative estimate of drug-likeness (QED) is 0.0746. The van der Waals surface area contributed by atoms with Gasteiger partial charge in [0.15, 0.2) is 6.29 Å². The van der Waals surface area contributed by atoms with Gasteiger partial charge in [0.05, 0.1) is 37.5 Å². The Morgan fingerprint density at radius 2 is 1.36 bits per heavy atom. The fraction of sp³-hybridized carbons (Fsp3) is 0.459. The zero-order chi connectivity index (χ0) is 39.9. The molecule has 1 aliphatic carbocycles. The number of rotatable bonds is 16. The Morgan fingerprint density at radius 1 is 0.786 bits per heavy atom. The van der Waals surface area contributed by atoms with Gasteiger partial charge < -0.3 is 33.9 Å². The van der Waals surface area contributed by atoms with Gasteiger partial charge >= 0.3 is 12.1 Å². The summed E-state index contributed by atoms with van der Waals surface area (Å²) in [5.41, 5.74) is 30.6. The predicted octanol–water partition coefficient (Wildman–Crippen LogP) is 6.00. The van der Waals surface area contributed by atoms with Crippen LogP contribution in [-0.4, -0.2) is 94.8 Å². The Labute approximate surface area is 321 Å². The first-order chi connectivity index (χ1) is 27.2. The lowest BCUT2D eigenvalue weighted by molar-refractivity contribution is -0.269. The Balaban J connectivity index is 1.49. The summed E-state index contributed by atoms with van der Waals surface area (Å²) in [6.45, 7) is 1.30. The molecule has 0 radical (unpaired) electrons.